The van der Waals surface area contributed by atoms with Gasteiger partial charge in [0.15, 0.2) is 0 Å². The van der Waals surface area contributed by atoms with Crippen LogP contribution in [0.3, 0.4) is 0 Å². The highest BCUT2D eigenvalue weighted by molar-refractivity contribution is 4.93. The summed E-state index contributed by atoms with van der Waals surface area (Å²) in [7, 11) is 0. The van der Waals surface area contributed by atoms with E-state index in [0.717, 1.165) is 18.9 Å². The molecule has 16 heavy (non-hydrogen) atoms. The Morgan fingerprint density at radius 1 is 1.25 bits per heavy atom. The molecule has 0 aliphatic heterocycles. The Labute approximate surface area is 102 Å². The lowest BCUT2D eigenvalue weighted by atomic mass is 9.90. The van der Waals surface area contributed by atoms with Crippen LogP contribution in [0.25, 0.3) is 0 Å². The number of rotatable bonds is 6. The third-order valence-electron chi connectivity index (χ3n) is 3.68. The molecule has 1 nitrogen and oxygen atoms in total. The van der Waals surface area contributed by atoms with Crippen molar-refractivity contribution in [1.29, 1.82) is 0 Å². The van der Waals surface area contributed by atoms with Crippen LogP contribution >= 0.6 is 0 Å². The molecule has 1 fully saturated rings. The van der Waals surface area contributed by atoms with Crippen LogP contribution in [-0.4, -0.2) is 12.6 Å². The smallest absolute Gasteiger partial charge is 0.0106 e. The van der Waals surface area contributed by atoms with Crippen molar-refractivity contribution in [1.82, 2.24) is 5.32 Å². The van der Waals surface area contributed by atoms with Gasteiger partial charge in [0.1, 0.15) is 0 Å². The summed E-state index contributed by atoms with van der Waals surface area (Å²) in [4.78, 5) is 0. The van der Waals surface area contributed by atoms with Crippen LogP contribution in [0.2, 0.25) is 0 Å². The molecule has 0 aromatic heterocycles. The maximum absolute atomic E-state index is 4.05. The lowest BCUT2D eigenvalue weighted by Gasteiger charge is -2.23. The zero-order chi connectivity index (χ0) is 11.8. The highest BCUT2D eigenvalue weighted by atomic mass is 14.9. The molecule has 0 heterocycles. The third kappa shape index (κ3) is 5.69. The second-order valence-corrected chi connectivity index (χ2v) is 5.51. The summed E-state index contributed by atoms with van der Waals surface area (Å²) in [6.07, 6.45) is 11.3. The van der Waals surface area contributed by atoms with E-state index >= 15 is 0 Å². The van der Waals surface area contributed by atoms with Crippen molar-refractivity contribution in [2.75, 3.05) is 6.54 Å². The fourth-order valence-electron chi connectivity index (χ4n) is 2.95. The number of hydrogen-bond donors (Lipinski definition) is 1. The second kappa shape index (κ2) is 7.89. The summed E-state index contributed by atoms with van der Waals surface area (Å²) >= 11 is 0. The summed E-state index contributed by atoms with van der Waals surface area (Å²) in [6, 6.07) is 0.672. The number of hydrogen-bond acceptors (Lipinski definition) is 1. The molecule has 1 N–H and O–H groups in total. The minimum atomic E-state index is 0.672. The zero-order valence-electron chi connectivity index (χ0n) is 11.2. The maximum atomic E-state index is 4.05. The summed E-state index contributed by atoms with van der Waals surface area (Å²) in [6.45, 7) is 9.49. The Kier molecular flexibility index (Phi) is 6.79. The third-order valence-corrected chi connectivity index (χ3v) is 3.68. The van der Waals surface area contributed by atoms with Gasteiger partial charge in [0.05, 0.1) is 0 Å². The van der Waals surface area contributed by atoms with Gasteiger partial charge in [-0.3, -0.25) is 0 Å². The van der Waals surface area contributed by atoms with Crippen molar-refractivity contribution in [2.45, 2.75) is 71.3 Å². The summed E-state index contributed by atoms with van der Waals surface area (Å²) in [5.41, 5.74) is 1.32. The number of nitrogens with one attached hydrogen (secondary N) is 1. The summed E-state index contributed by atoms with van der Waals surface area (Å²) in [5, 5.41) is 3.62. The molecule has 0 spiro atoms. The van der Waals surface area contributed by atoms with Crippen LogP contribution in [0.15, 0.2) is 12.2 Å². The van der Waals surface area contributed by atoms with Gasteiger partial charge in [-0.1, -0.05) is 51.0 Å². The molecule has 0 radical (unpaired) electrons. The average Bonchev–Trinajstić information content (AvgIpc) is 2.45. The topological polar surface area (TPSA) is 12.0 Å². The van der Waals surface area contributed by atoms with E-state index in [-0.39, 0.29) is 0 Å². The maximum Gasteiger partial charge on any atom is 0.0106 e. The van der Waals surface area contributed by atoms with Crippen molar-refractivity contribution in [2.24, 2.45) is 5.92 Å². The van der Waals surface area contributed by atoms with E-state index in [1.165, 1.54) is 50.5 Å². The first kappa shape index (κ1) is 13.8. The first-order valence-electron chi connectivity index (χ1n) is 7.10. The molecule has 1 saturated carbocycles. The Morgan fingerprint density at radius 2 is 1.88 bits per heavy atom. The van der Waals surface area contributed by atoms with Crippen LogP contribution in [0.5, 0.6) is 0 Å². The van der Waals surface area contributed by atoms with E-state index in [1.807, 2.05) is 0 Å². The Balaban J connectivity index is 2.35. The molecule has 0 bridgehead atoms. The van der Waals surface area contributed by atoms with Gasteiger partial charge < -0.3 is 5.32 Å². The molecule has 1 aliphatic rings. The molecule has 1 heteroatoms. The van der Waals surface area contributed by atoms with Gasteiger partial charge in [-0.15, -0.1) is 6.58 Å². The quantitative estimate of drug-likeness (QED) is 0.523. The molecule has 1 atom stereocenters. The normalized spacial score (nSPS) is 20.4. The standard InChI is InChI=1S/C15H29N/c1-4-16-15(11-13(2)3)12-14-9-7-5-6-8-10-14/h14-16H,2,4-12H2,1,3H3. The van der Waals surface area contributed by atoms with Gasteiger partial charge in [0, 0.05) is 6.04 Å². The fourth-order valence-corrected chi connectivity index (χ4v) is 2.95. The van der Waals surface area contributed by atoms with Crippen LogP contribution in [0, 0.1) is 5.92 Å². The summed E-state index contributed by atoms with van der Waals surface area (Å²) in [5.74, 6) is 0.964. The first-order valence-corrected chi connectivity index (χ1v) is 7.10. The SMILES string of the molecule is C=C(C)CC(CC1CCCCCC1)NCC. The van der Waals surface area contributed by atoms with E-state index in [4.69, 9.17) is 0 Å². The largest absolute Gasteiger partial charge is 0.314 e. The molecule has 1 rings (SSSR count). The van der Waals surface area contributed by atoms with Crippen LogP contribution in [0.4, 0.5) is 0 Å². The predicted molar refractivity (Wildman–Crippen MR) is 72.7 cm³/mol. The van der Waals surface area contributed by atoms with Crippen LogP contribution < -0.4 is 5.32 Å². The molecule has 0 amide bonds. The van der Waals surface area contributed by atoms with Gasteiger partial charge in [-0.05, 0) is 32.2 Å². The molecule has 1 aliphatic carbocycles. The van der Waals surface area contributed by atoms with Crippen molar-refractivity contribution in [3.63, 3.8) is 0 Å². The van der Waals surface area contributed by atoms with Crippen molar-refractivity contribution in [3.8, 4) is 0 Å². The van der Waals surface area contributed by atoms with E-state index in [2.05, 4.69) is 25.7 Å². The van der Waals surface area contributed by atoms with Crippen molar-refractivity contribution < 1.29 is 0 Å². The molecule has 0 aromatic rings. The average molecular weight is 223 g/mol. The molecular formula is C15H29N. The molecule has 94 valence electrons. The molecular weight excluding hydrogens is 194 g/mol. The lowest BCUT2D eigenvalue weighted by Crippen LogP contribution is -2.31. The first-order chi connectivity index (χ1) is 7.72. The van der Waals surface area contributed by atoms with E-state index in [0.29, 0.717) is 6.04 Å². The van der Waals surface area contributed by atoms with Gasteiger partial charge in [-0.2, -0.15) is 0 Å². The summed E-state index contributed by atoms with van der Waals surface area (Å²) < 4.78 is 0. The Hall–Kier alpha value is -0.300. The van der Waals surface area contributed by atoms with Gasteiger partial charge in [-0.25, -0.2) is 0 Å². The van der Waals surface area contributed by atoms with Crippen molar-refractivity contribution in [3.05, 3.63) is 12.2 Å². The van der Waals surface area contributed by atoms with Crippen LogP contribution in [0.1, 0.15) is 65.2 Å². The zero-order valence-corrected chi connectivity index (χ0v) is 11.2. The minimum absolute atomic E-state index is 0.672. The van der Waals surface area contributed by atoms with Gasteiger partial charge >= 0.3 is 0 Å². The van der Waals surface area contributed by atoms with E-state index in [1.54, 1.807) is 0 Å². The second-order valence-electron chi connectivity index (χ2n) is 5.51. The predicted octanol–water partition coefficient (Wildman–Crippen LogP) is 4.29. The van der Waals surface area contributed by atoms with E-state index in [9.17, 15) is 0 Å². The van der Waals surface area contributed by atoms with Crippen molar-refractivity contribution >= 4 is 0 Å². The van der Waals surface area contributed by atoms with Crippen LogP contribution in [-0.2, 0) is 0 Å². The fraction of sp³-hybridized carbons (Fsp3) is 0.867. The highest BCUT2D eigenvalue weighted by Crippen LogP contribution is 2.27. The Bertz CT molecular complexity index is 190. The van der Waals surface area contributed by atoms with Gasteiger partial charge in [0.25, 0.3) is 0 Å². The monoisotopic (exact) mass is 223 g/mol. The van der Waals surface area contributed by atoms with Gasteiger partial charge in [0.2, 0.25) is 0 Å². The molecule has 0 saturated heterocycles. The molecule has 1 unspecified atom stereocenters. The lowest BCUT2D eigenvalue weighted by molar-refractivity contribution is 0.352. The minimum Gasteiger partial charge on any atom is -0.314 e. The Morgan fingerprint density at radius 3 is 2.38 bits per heavy atom. The highest BCUT2D eigenvalue weighted by Gasteiger charge is 2.17. The molecule has 0 aromatic carbocycles. The van der Waals surface area contributed by atoms with E-state index < -0.39 is 0 Å².